The van der Waals surface area contributed by atoms with Crippen LogP contribution in [0.5, 0.6) is 0 Å². The molecule has 0 saturated heterocycles. The van der Waals surface area contributed by atoms with Gasteiger partial charge < -0.3 is 5.11 Å². The lowest BCUT2D eigenvalue weighted by Crippen LogP contribution is -2.41. The molecule has 1 aliphatic carbocycles. The summed E-state index contributed by atoms with van der Waals surface area (Å²) in [7, 11) is 0. The van der Waals surface area contributed by atoms with Gasteiger partial charge in [-0.2, -0.15) is 0 Å². The fourth-order valence-corrected chi connectivity index (χ4v) is 2.98. The third-order valence-corrected chi connectivity index (χ3v) is 4.65. The van der Waals surface area contributed by atoms with Gasteiger partial charge in [0.15, 0.2) is 0 Å². The summed E-state index contributed by atoms with van der Waals surface area (Å²) < 4.78 is 0. The molecule has 2 unspecified atom stereocenters. The first-order chi connectivity index (χ1) is 8.01. The predicted octanol–water partition coefficient (Wildman–Crippen LogP) is 4.48. The summed E-state index contributed by atoms with van der Waals surface area (Å²) in [5.74, 6) is 0.353. The highest BCUT2D eigenvalue weighted by Gasteiger charge is 2.35. The first-order valence-corrected chi connectivity index (χ1v) is 6.93. The molecule has 1 fully saturated rings. The summed E-state index contributed by atoms with van der Waals surface area (Å²) in [5, 5.41) is 11.8. The zero-order valence-electron chi connectivity index (χ0n) is 10.0. The first kappa shape index (κ1) is 13.2. The topological polar surface area (TPSA) is 20.2 Å². The second-order valence-corrected chi connectivity index (χ2v) is 5.99. The Hall–Kier alpha value is -0.240. The van der Waals surface area contributed by atoms with E-state index in [1.807, 2.05) is 12.1 Å². The normalized spacial score (nSPS) is 29.3. The Morgan fingerprint density at radius 2 is 2.06 bits per heavy atom. The maximum atomic E-state index is 10.7. The van der Waals surface area contributed by atoms with Crippen LogP contribution in [-0.4, -0.2) is 10.7 Å². The predicted molar refractivity (Wildman–Crippen MR) is 72.7 cm³/mol. The van der Waals surface area contributed by atoms with Gasteiger partial charge in [0, 0.05) is 6.42 Å². The maximum absolute atomic E-state index is 10.7. The number of halogens is 2. The van der Waals surface area contributed by atoms with Gasteiger partial charge in [-0.1, -0.05) is 49.0 Å². The number of rotatable bonds is 2. The summed E-state index contributed by atoms with van der Waals surface area (Å²) in [6.45, 7) is 2.14. The molecule has 0 radical (unpaired) electrons. The molecule has 0 heterocycles. The molecule has 0 aliphatic heterocycles. The SMILES string of the molecule is CC1CCCCC1(O)Cc1ccc(Cl)c(Cl)c1. The fraction of sp³-hybridized carbons (Fsp3) is 0.571. The summed E-state index contributed by atoms with van der Waals surface area (Å²) >= 11 is 11.9. The Kier molecular flexibility index (Phi) is 4.02. The lowest BCUT2D eigenvalue weighted by atomic mass is 9.73. The number of hydrogen-bond donors (Lipinski definition) is 1. The molecule has 94 valence electrons. The van der Waals surface area contributed by atoms with Gasteiger partial charge in [0.1, 0.15) is 0 Å². The zero-order chi connectivity index (χ0) is 12.5. The molecule has 1 N–H and O–H groups in total. The van der Waals surface area contributed by atoms with E-state index in [0.717, 1.165) is 24.8 Å². The quantitative estimate of drug-likeness (QED) is 0.842. The van der Waals surface area contributed by atoms with Gasteiger partial charge in [0.25, 0.3) is 0 Å². The number of aliphatic hydroxyl groups is 1. The Morgan fingerprint density at radius 1 is 1.29 bits per heavy atom. The standard InChI is InChI=1S/C14H18Cl2O/c1-10-4-2-3-7-14(10,17)9-11-5-6-12(15)13(16)8-11/h5-6,8,10,17H,2-4,7,9H2,1H3. The van der Waals surface area contributed by atoms with E-state index in [0.29, 0.717) is 22.4 Å². The average molecular weight is 273 g/mol. The van der Waals surface area contributed by atoms with Crippen molar-refractivity contribution in [3.8, 4) is 0 Å². The van der Waals surface area contributed by atoms with E-state index >= 15 is 0 Å². The van der Waals surface area contributed by atoms with Gasteiger partial charge in [-0.05, 0) is 36.5 Å². The van der Waals surface area contributed by atoms with Crippen LogP contribution in [-0.2, 0) is 6.42 Å². The van der Waals surface area contributed by atoms with E-state index in [1.54, 1.807) is 6.07 Å². The van der Waals surface area contributed by atoms with Crippen molar-refractivity contribution in [2.75, 3.05) is 0 Å². The minimum absolute atomic E-state index is 0.353. The molecule has 0 amide bonds. The monoisotopic (exact) mass is 272 g/mol. The number of hydrogen-bond acceptors (Lipinski definition) is 1. The van der Waals surface area contributed by atoms with Crippen LogP contribution in [0, 0.1) is 5.92 Å². The van der Waals surface area contributed by atoms with Crippen molar-refractivity contribution in [3.63, 3.8) is 0 Å². The lowest BCUT2D eigenvalue weighted by Gasteiger charge is -2.38. The van der Waals surface area contributed by atoms with Crippen molar-refractivity contribution in [2.45, 2.75) is 44.6 Å². The summed E-state index contributed by atoms with van der Waals surface area (Å²) in [5.41, 5.74) is 0.491. The molecule has 17 heavy (non-hydrogen) atoms. The fourth-order valence-electron chi connectivity index (χ4n) is 2.66. The number of benzene rings is 1. The molecule has 1 saturated carbocycles. The van der Waals surface area contributed by atoms with Gasteiger partial charge in [-0.3, -0.25) is 0 Å². The van der Waals surface area contributed by atoms with Crippen molar-refractivity contribution in [1.82, 2.24) is 0 Å². The van der Waals surface area contributed by atoms with Gasteiger partial charge in [0.05, 0.1) is 15.6 Å². The van der Waals surface area contributed by atoms with Crippen molar-refractivity contribution in [2.24, 2.45) is 5.92 Å². The molecule has 2 atom stereocenters. The van der Waals surface area contributed by atoms with Crippen LogP contribution >= 0.6 is 23.2 Å². The van der Waals surface area contributed by atoms with E-state index in [4.69, 9.17) is 23.2 Å². The minimum atomic E-state index is -0.574. The first-order valence-electron chi connectivity index (χ1n) is 6.17. The van der Waals surface area contributed by atoms with E-state index < -0.39 is 5.60 Å². The third kappa shape index (κ3) is 2.96. The van der Waals surface area contributed by atoms with Crippen LogP contribution in [0.2, 0.25) is 10.0 Å². The van der Waals surface area contributed by atoms with Crippen molar-refractivity contribution in [3.05, 3.63) is 33.8 Å². The lowest BCUT2D eigenvalue weighted by molar-refractivity contribution is -0.0405. The van der Waals surface area contributed by atoms with Gasteiger partial charge in [0.2, 0.25) is 0 Å². The van der Waals surface area contributed by atoms with Crippen LogP contribution in [0.3, 0.4) is 0 Å². The molecule has 1 aromatic carbocycles. The highest BCUT2D eigenvalue weighted by Crippen LogP contribution is 2.36. The molecule has 1 aliphatic rings. The Bertz CT molecular complexity index is 405. The van der Waals surface area contributed by atoms with Crippen molar-refractivity contribution in [1.29, 1.82) is 0 Å². The van der Waals surface area contributed by atoms with Crippen molar-refractivity contribution >= 4 is 23.2 Å². The summed E-state index contributed by atoms with van der Waals surface area (Å²) in [4.78, 5) is 0. The molecule has 2 rings (SSSR count). The molecular weight excluding hydrogens is 255 g/mol. The second-order valence-electron chi connectivity index (χ2n) is 5.18. The molecule has 0 bridgehead atoms. The second kappa shape index (κ2) is 5.17. The maximum Gasteiger partial charge on any atom is 0.0713 e. The molecule has 0 aromatic heterocycles. The van der Waals surface area contributed by atoms with Gasteiger partial charge in [-0.25, -0.2) is 0 Å². The minimum Gasteiger partial charge on any atom is -0.389 e. The smallest absolute Gasteiger partial charge is 0.0713 e. The Morgan fingerprint density at radius 3 is 2.71 bits per heavy atom. The van der Waals surface area contributed by atoms with E-state index in [1.165, 1.54) is 6.42 Å². The highest BCUT2D eigenvalue weighted by molar-refractivity contribution is 6.42. The van der Waals surface area contributed by atoms with Crippen LogP contribution < -0.4 is 0 Å². The van der Waals surface area contributed by atoms with E-state index in [2.05, 4.69) is 6.92 Å². The largest absolute Gasteiger partial charge is 0.389 e. The highest BCUT2D eigenvalue weighted by atomic mass is 35.5. The zero-order valence-corrected chi connectivity index (χ0v) is 11.6. The van der Waals surface area contributed by atoms with E-state index in [-0.39, 0.29) is 0 Å². The van der Waals surface area contributed by atoms with Gasteiger partial charge in [-0.15, -0.1) is 0 Å². The van der Waals surface area contributed by atoms with E-state index in [9.17, 15) is 5.11 Å². The molecular formula is C14H18Cl2O. The Balaban J connectivity index is 2.16. The third-order valence-electron chi connectivity index (χ3n) is 3.91. The molecule has 1 nitrogen and oxygen atoms in total. The summed E-state index contributed by atoms with van der Waals surface area (Å²) in [6.07, 6.45) is 5.00. The average Bonchev–Trinajstić information content (AvgIpc) is 2.28. The van der Waals surface area contributed by atoms with Crippen LogP contribution in [0.4, 0.5) is 0 Å². The van der Waals surface area contributed by atoms with Gasteiger partial charge >= 0.3 is 0 Å². The van der Waals surface area contributed by atoms with Crippen LogP contribution in [0.1, 0.15) is 38.2 Å². The summed E-state index contributed by atoms with van der Waals surface area (Å²) in [6, 6.07) is 5.62. The Labute approximate surface area is 113 Å². The van der Waals surface area contributed by atoms with Crippen LogP contribution in [0.25, 0.3) is 0 Å². The molecule has 1 aromatic rings. The molecule has 0 spiro atoms. The molecule has 3 heteroatoms. The van der Waals surface area contributed by atoms with Crippen molar-refractivity contribution < 1.29 is 5.11 Å². The van der Waals surface area contributed by atoms with Crippen LogP contribution in [0.15, 0.2) is 18.2 Å².